The summed E-state index contributed by atoms with van der Waals surface area (Å²) in [4.78, 5) is 22.7. The van der Waals surface area contributed by atoms with Gasteiger partial charge in [-0.25, -0.2) is 0 Å². The molecular formula is C11H13N5O3. The summed E-state index contributed by atoms with van der Waals surface area (Å²) in [5.41, 5.74) is 0.940. The largest absolute Gasteiger partial charge is 0.320 e. The standard InChI is InChI=1S/C11H13N5O3/c1-4-14-10(9(6-12-14)16(18)19)11(17)15-8(3)5-7(2)13-15/h5-6H,4H2,1-3H3. The Morgan fingerprint density at radius 3 is 2.63 bits per heavy atom. The highest BCUT2D eigenvalue weighted by Crippen LogP contribution is 2.19. The van der Waals surface area contributed by atoms with Crippen LogP contribution in [0.2, 0.25) is 0 Å². The fourth-order valence-corrected chi connectivity index (χ4v) is 1.90. The number of aryl methyl sites for hydroxylation is 3. The highest BCUT2D eigenvalue weighted by Gasteiger charge is 2.28. The van der Waals surface area contributed by atoms with Gasteiger partial charge >= 0.3 is 11.6 Å². The lowest BCUT2D eigenvalue weighted by atomic mass is 10.3. The molecule has 0 aliphatic carbocycles. The Kier molecular flexibility index (Phi) is 3.16. The quantitative estimate of drug-likeness (QED) is 0.614. The lowest BCUT2D eigenvalue weighted by Gasteiger charge is -2.04. The van der Waals surface area contributed by atoms with Gasteiger partial charge in [-0.15, -0.1) is 0 Å². The van der Waals surface area contributed by atoms with Gasteiger partial charge in [-0.3, -0.25) is 19.6 Å². The van der Waals surface area contributed by atoms with Gasteiger partial charge in [0.2, 0.25) is 5.69 Å². The Bertz CT molecular complexity index is 655. The number of nitro groups is 1. The molecule has 2 rings (SSSR count). The van der Waals surface area contributed by atoms with Crippen LogP contribution in [-0.2, 0) is 6.54 Å². The van der Waals surface area contributed by atoms with E-state index < -0.39 is 10.8 Å². The molecule has 0 amide bonds. The topological polar surface area (TPSA) is 95.9 Å². The van der Waals surface area contributed by atoms with E-state index in [1.807, 2.05) is 0 Å². The molecule has 0 N–H and O–H groups in total. The molecule has 0 aliphatic heterocycles. The Morgan fingerprint density at radius 2 is 2.16 bits per heavy atom. The van der Waals surface area contributed by atoms with Crippen molar-refractivity contribution >= 4 is 11.6 Å². The third-order valence-corrected chi connectivity index (χ3v) is 2.72. The summed E-state index contributed by atoms with van der Waals surface area (Å²) in [6.07, 6.45) is 1.09. The highest BCUT2D eigenvalue weighted by atomic mass is 16.6. The molecule has 19 heavy (non-hydrogen) atoms. The third-order valence-electron chi connectivity index (χ3n) is 2.72. The van der Waals surface area contributed by atoms with Crippen molar-refractivity contribution in [2.24, 2.45) is 0 Å². The van der Waals surface area contributed by atoms with Crippen molar-refractivity contribution in [2.45, 2.75) is 27.3 Å². The Balaban J connectivity index is 2.57. The second kappa shape index (κ2) is 4.63. The molecule has 2 heterocycles. The van der Waals surface area contributed by atoms with Gasteiger partial charge in [0.15, 0.2) is 0 Å². The van der Waals surface area contributed by atoms with Crippen molar-refractivity contribution in [3.63, 3.8) is 0 Å². The average Bonchev–Trinajstić information content (AvgIpc) is 2.91. The van der Waals surface area contributed by atoms with Crippen LogP contribution >= 0.6 is 0 Å². The normalized spacial score (nSPS) is 10.7. The van der Waals surface area contributed by atoms with E-state index in [9.17, 15) is 14.9 Å². The lowest BCUT2D eigenvalue weighted by Crippen LogP contribution is -2.20. The van der Waals surface area contributed by atoms with Crippen LogP contribution in [0.5, 0.6) is 0 Å². The Morgan fingerprint density at radius 1 is 1.47 bits per heavy atom. The Hall–Kier alpha value is -2.51. The van der Waals surface area contributed by atoms with E-state index in [4.69, 9.17) is 0 Å². The van der Waals surface area contributed by atoms with Gasteiger partial charge in [-0.1, -0.05) is 0 Å². The van der Waals surface area contributed by atoms with E-state index in [1.165, 1.54) is 4.68 Å². The van der Waals surface area contributed by atoms with Crippen molar-refractivity contribution < 1.29 is 9.72 Å². The van der Waals surface area contributed by atoms with E-state index >= 15 is 0 Å². The van der Waals surface area contributed by atoms with Gasteiger partial charge in [-0.2, -0.15) is 14.9 Å². The number of aromatic nitrogens is 4. The molecular weight excluding hydrogens is 250 g/mol. The van der Waals surface area contributed by atoms with Crippen LogP contribution in [0.3, 0.4) is 0 Å². The van der Waals surface area contributed by atoms with Crippen LogP contribution in [0.15, 0.2) is 12.3 Å². The van der Waals surface area contributed by atoms with Gasteiger partial charge in [0.25, 0.3) is 0 Å². The van der Waals surface area contributed by atoms with Gasteiger partial charge < -0.3 is 0 Å². The molecule has 2 aromatic heterocycles. The van der Waals surface area contributed by atoms with Gasteiger partial charge in [-0.05, 0) is 26.8 Å². The first-order valence-corrected chi connectivity index (χ1v) is 5.73. The minimum Gasteiger partial charge on any atom is -0.265 e. The molecule has 0 unspecified atom stereocenters. The summed E-state index contributed by atoms with van der Waals surface area (Å²) in [7, 11) is 0. The second-order valence-electron chi connectivity index (χ2n) is 4.10. The summed E-state index contributed by atoms with van der Waals surface area (Å²) >= 11 is 0. The second-order valence-corrected chi connectivity index (χ2v) is 4.10. The molecule has 0 atom stereocenters. The number of hydrogen-bond acceptors (Lipinski definition) is 5. The van der Waals surface area contributed by atoms with Crippen molar-refractivity contribution in [2.75, 3.05) is 0 Å². The monoisotopic (exact) mass is 263 g/mol. The van der Waals surface area contributed by atoms with Gasteiger partial charge in [0.05, 0.1) is 10.6 Å². The first kappa shape index (κ1) is 12.9. The lowest BCUT2D eigenvalue weighted by molar-refractivity contribution is -0.385. The zero-order chi connectivity index (χ0) is 14.2. The minimum absolute atomic E-state index is 0.0568. The van der Waals surface area contributed by atoms with Crippen LogP contribution in [-0.4, -0.2) is 30.4 Å². The number of rotatable bonds is 3. The van der Waals surface area contributed by atoms with E-state index in [0.717, 1.165) is 10.9 Å². The van der Waals surface area contributed by atoms with Crippen molar-refractivity contribution in [1.82, 2.24) is 19.6 Å². The smallest absolute Gasteiger partial charge is 0.265 e. The number of nitrogens with zero attached hydrogens (tertiary/aromatic N) is 5. The average molecular weight is 263 g/mol. The highest BCUT2D eigenvalue weighted by molar-refractivity contribution is 5.97. The summed E-state index contributed by atoms with van der Waals surface area (Å²) in [6.45, 7) is 5.60. The van der Waals surface area contributed by atoms with E-state index in [1.54, 1.807) is 26.8 Å². The molecule has 2 aromatic rings. The molecule has 100 valence electrons. The number of carbonyl (C=O) groups excluding carboxylic acids is 1. The predicted octanol–water partition coefficient (Wildman–Crippen LogP) is 1.31. The summed E-state index contributed by atoms with van der Waals surface area (Å²) in [6, 6.07) is 1.73. The zero-order valence-electron chi connectivity index (χ0n) is 10.8. The molecule has 0 saturated heterocycles. The van der Waals surface area contributed by atoms with Gasteiger partial charge in [0.1, 0.15) is 6.20 Å². The molecule has 8 nitrogen and oxygen atoms in total. The first-order valence-electron chi connectivity index (χ1n) is 5.73. The number of hydrogen-bond donors (Lipinski definition) is 0. The molecule has 0 spiro atoms. The molecule has 0 fully saturated rings. The van der Waals surface area contributed by atoms with E-state index in [0.29, 0.717) is 17.9 Å². The SMILES string of the molecule is CCn1ncc([N+](=O)[O-])c1C(=O)n1nc(C)cc1C. The van der Waals surface area contributed by atoms with Gasteiger partial charge in [0, 0.05) is 12.2 Å². The molecule has 0 bridgehead atoms. The summed E-state index contributed by atoms with van der Waals surface area (Å²) in [5.74, 6) is -0.545. The van der Waals surface area contributed by atoms with Crippen LogP contribution < -0.4 is 0 Å². The molecule has 8 heteroatoms. The minimum atomic E-state index is -0.613. The molecule has 0 aromatic carbocycles. The summed E-state index contributed by atoms with van der Waals surface area (Å²) < 4.78 is 2.46. The van der Waals surface area contributed by atoms with Crippen LogP contribution in [0.4, 0.5) is 5.69 Å². The molecule has 0 aliphatic rings. The maximum absolute atomic E-state index is 12.4. The fraction of sp³-hybridized carbons (Fsp3) is 0.364. The van der Waals surface area contributed by atoms with Crippen molar-refractivity contribution in [3.05, 3.63) is 39.5 Å². The maximum atomic E-state index is 12.4. The number of carbonyl (C=O) groups is 1. The van der Waals surface area contributed by atoms with Crippen LogP contribution in [0.1, 0.15) is 28.8 Å². The van der Waals surface area contributed by atoms with E-state index in [2.05, 4.69) is 10.2 Å². The third kappa shape index (κ3) is 2.12. The summed E-state index contributed by atoms with van der Waals surface area (Å²) in [5, 5.41) is 18.8. The molecule has 0 radical (unpaired) electrons. The van der Waals surface area contributed by atoms with Crippen LogP contribution in [0.25, 0.3) is 0 Å². The van der Waals surface area contributed by atoms with E-state index in [-0.39, 0.29) is 11.4 Å². The first-order chi connectivity index (χ1) is 8.95. The fourth-order valence-electron chi connectivity index (χ4n) is 1.90. The van der Waals surface area contributed by atoms with Crippen molar-refractivity contribution in [3.8, 4) is 0 Å². The Labute approximate surface area is 108 Å². The van der Waals surface area contributed by atoms with Crippen LogP contribution in [0, 0.1) is 24.0 Å². The molecule has 0 saturated carbocycles. The van der Waals surface area contributed by atoms with Crippen molar-refractivity contribution in [1.29, 1.82) is 0 Å². The zero-order valence-corrected chi connectivity index (χ0v) is 10.8. The maximum Gasteiger partial charge on any atom is 0.320 e. The predicted molar refractivity (Wildman–Crippen MR) is 66.0 cm³/mol.